The number of unbranched alkanes of at least 4 members (excludes halogenated alkanes) is 1. The third-order valence-corrected chi connectivity index (χ3v) is 5.17. The highest BCUT2D eigenvalue weighted by Crippen LogP contribution is 2.45. The number of nitrogens with one attached hydrogen (secondary N) is 1. The topological polar surface area (TPSA) is 41.6 Å². The summed E-state index contributed by atoms with van der Waals surface area (Å²) < 4.78 is 5.97. The Morgan fingerprint density at radius 1 is 1.43 bits per heavy atom. The minimum atomic E-state index is 0. The third-order valence-electron chi connectivity index (χ3n) is 5.17. The average molecular weight is 319 g/mol. The van der Waals surface area contributed by atoms with E-state index in [-0.39, 0.29) is 23.7 Å². The third kappa shape index (κ3) is 3.91. The van der Waals surface area contributed by atoms with Crippen LogP contribution in [-0.4, -0.2) is 49.7 Å². The van der Waals surface area contributed by atoms with Crippen molar-refractivity contribution in [1.29, 1.82) is 0 Å². The summed E-state index contributed by atoms with van der Waals surface area (Å²) >= 11 is 0. The molecule has 0 aromatic heterocycles. The van der Waals surface area contributed by atoms with E-state index in [4.69, 9.17) is 4.74 Å². The first-order valence-electron chi connectivity index (χ1n) is 8.07. The lowest BCUT2D eigenvalue weighted by atomic mass is 9.63. The molecular weight excluding hydrogens is 288 g/mol. The molecule has 1 saturated carbocycles. The van der Waals surface area contributed by atoms with Gasteiger partial charge in [-0.25, -0.2) is 0 Å². The van der Waals surface area contributed by atoms with Crippen molar-refractivity contribution in [3.8, 4) is 0 Å². The second-order valence-electron chi connectivity index (χ2n) is 6.92. The van der Waals surface area contributed by atoms with Crippen molar-refractivity contribution in [3.63, 3.8) is 0 Å². The van der Waals surface area contributed by atoms with Crippen molar-refractivity contribution in [2.45, 2.75) is 58.6 Å². The Hall–Kier alpha value is -0.320. The molecule has 1 N–H and O–H groups in total. The first kappa shape index (κ1) is 18.7. The van der Waals surface area contributed by atoms with Gasteiger partial charge in [0.1, 0.15) is 0 Å². The molecule has 1 aliphatic heterocycles. The molecule has 0 radical (unpaired) electrons. The van der Waals surface area contributed by atoms with Gasteiger partial charge in [-0.15, -0.1) is 12.4 Å². The van der Waals surface area contributed by atoms with Gasteiger partial charge in [0.25, 0.3) is 0 Å². The molecule has 4 nitrogen and oxygen atoms in total. The van der Waals surface area contributed by atoms with Crippen molar-refractivity contribution in [1.82, 2.24) is 10.2 Å². The van der Waals surface area contributed by atoms with Gasteiger partial charge in [-0.1, -0.05) is 27.2 Å². The number of amides is 1. The molecule has 0 aromatic rings. The first-order chi connectivity index (χ1) is 9.48. The van der Waals surface area contributed by atoms with Crippen LogP contribution in [0.4, 0.5) is 0 Å². The molecule has 3 unspecified atom stereocenters. The van der Waals surface area contributed by atoms with Gasteiger partial charge in [0.2, 0.25) is 5.91 Å². The Bertz CT molecular complexity index is 343. The minimum absolute atomic E-state index is 0. The fraction of sp³-hybridized carbons (Fsp3) is 0.938. The highest BCUT2D eigenvalue weighted by atomic mass is 35.5. The lowest BCUT2D eigenvalue weighted by Gasteiger charge is -2.55. The zero-order valence-electron chi connectivity index (χ0n) is 13.9. The van der Waals surface area contributed by atoms with Crippen LogP contribution in [0.25, 0.3) is 0 Å². The number of nitrogens with zero attached hydrogens (tertiary/aromatic N) is 1. The minimum Gasteiger partial charge on any atom is -0.378 e. The number of hydrogen-bond acceptors (Lipinski definition) is 3. The van der Waals surface area contributed by atoms with Gasteiger partial charge in [-0.3, -0.25) is 4.79 Å². The van der Waals surface area contributed by atoms with Crippen molar-refractivity contribution in [2.75, 3.05) is 26.7 Å². The SMILES string of the molecule is CCCCOC1CC(N(C)C(=O)C2CCNC2)C1(C)C.Cl. The van der Waals surface area contributed by atoms with Crippen LogP contribution in [0.1, 0.15) is 46.5 Å². The van der Waals surface area contributed by atoms with E-state index >= 15 is 0 Å². The molecule has 3 atom stereocenters. The summed E-state index contributed by atoms with van der Waals surface area (Å²) in [4.78, 5) is 14.5. The number of carbonyl (C=O) groups excluding carboxylic acids is 1. The lowest BCUT2D eigenvalue weighted by molar-refractivity contribution is -0.167. The first-order valence-corrected chi connectivity index (χ1v) is 8.07. The molecule has 21 heavy (non-hydrogen) atoms. The molecule has 1 saturated heterocycles. The van der Waals surface area contributed by atoms with Crippen LogP contribution in [0.2, 0.25) is 0 Å². The predicted octanol–water partition coefficient (Wildman–Crippen LogP) is 2.46. The summed E-state index contributed by atoms with van der Waals surface area (Å²) in [5.41, 5.74) is 0.0736. The van der Waals surface area contributed by atoms with Crippen LogP contribution in [-0.2, 0) is 9.53 Å². The smallest absolute Gasteiger partial charge is 0.227 e. The van der Waals surface area contributed by atoms with Gasteiger partial charge in [0.15, 0.2) is 0 Å². The Labute approximate surface area is 135 Å². The number of halogens is 1. The van der Waals surface area contributed by atoms with Crippen LogP contribution >= 0.6 is 12.4 Å². The van der Waals surface area contributed by atoms with Crippen molar-refractivity contribution >= 4 is 18.3 Å². The number of ether oxygens (including phenoxy) is 1. The van der Waals surface area contributed by atoms with Crippen LogP contribution < -0.4 is 5.32 Å². The summed E-state index contributed by atoms with van der Waals surface area (Å²) in [7, 11) is 1.97. The fourth-order valence-corrected chi connectivity index (χ4v) is 3.48. The number of carbonyl (C=O) groups is 1. The molecule has 2 fully saturated rings. The maximum Gasteiger partial charge on any atom is 0.227 e. The maximum absolute atomic E-state index is 12.5. The Morgan fingerprint density at radius 3 is 2.67 bits per heavy atom. The summed E-state index contributed by atoms with van der Waals surface area (Å²) in [6, 6.07) is 0.322. The summed E-state index contributed by atoms with van der Waals surface area (Å²) in [5, 5.41) is 3.27. The second-order valence-corrected chi connectivity index (χ2v) is 6.92. The summed E-state index contributed by atoms with van der Waals surface area (Å²) in [6.45, 7) is 9.30. The zero-order chi connectivity index (χ0) is 14.8. The molecule has 1 heterocycles. The van der Waals surface area contributed by atoms with E-state index in [1.54, 1.807) is 0 Å². The molecule has 2 rings (SSSR count). The molecule has 0 aromatic carbocycles. The Morgan fingerprint density at radius 2 is 2.14 bits per heavy atom. The Balaban J connectivity index is 0.00000220. The zero-order valence-corrected chi connectivity index (χ0v) is 14.7. The lowest BCUT2D eigenvalue weighted by Crippen LogP contribution is -2.63. The van der Waals surface area contributed by atoms with Gasteiger partial charge in [-0.2, -0.15) is 0 Å². The summed E-state index contributed by atoms with van der Waals surface area (Å²) in [5.74, 6) is 0.482. The second kappa shape index (κ2) is 7.80. The summed E-state index contributed by atoms with van der Waals surface area (Å²) in [6.07, 6.45) is 4.56. The normalized spacial score (nSPS) is 30.4. The largest absolute Gasteiger partial charge is 0.378 e. The highest BCUT2D eigenvalue weighted by Gasteiger charge is 2.52. The molecule has 0 spiro atoms. The van der Waals surface area contributed by atoms with E-state index < -0.39 is 0 Å². The van der Waals surface area contributed by atoms with Crippen LogP contribution in [0.15, 0.2) is 0 Å². The van der Waals surface area contributed by atoms with Crippen molar-refractivity contribution in [2.24, 2.45) is 11.3 Å². The predicted molar refractivity (Wildman–Crippen MR) is 87.8 cm³/mol. The van der Waals surface area contributed by atoms with Crippen molar-refractivity contribution < 1.29 is 9.53 Å². The number of hydrogen-bond donors (Lipinski definition) is 1. The van der Waals surface area contributed by atoms with Gasteiger partial charge < -0.3 is 15.0 Å². The van der Waals surface area contributed by atoms with Gasteiger partial charge in [-0.05, 0) is 25.8 Å². The van der Waals surface area contributed by atoms with E-state index in [1.165, 1.54) is 6.42 Å². The van der Waals surface area contributed by atoms with E-state index in [0.29, 0.717) is 18.1 Å². The van der Waals surface area contributed by atoms with E-state index in [9.17, 15) is 4.79 Å². The maximum atomic E-state index is 12.5. The van der Waals surface area contributed by atoms with Gasteiger partial charge in [0.05, 0.1) is 12.0 Å². The molecule has 5 heteroatoms. The van der Waals surface area contributed by atoms with Gasteiger partial charge in [0, 0.05) is 31.7 Å². The molecule has 1 amide bonds. The van der Waals surface area contributed by atoms with E-state index in [2.05, 4.69) is 26.1 Å². The molecule has 2 aliphatic rings. The molecule has 0 bridgehead atoms. The van der Waals surface area contributed by atoms with E-state index in [1.807, 2.05) is 11.9 Å². The van der Waals surface area contributed by atoms with Gasteiger partial charge >= 0.3 is 0 Å². The number of rotatable bonds is 6. The highest BCUT2D eigenvalue weighted by molar-refractivity contribution is 5.85. The van der Waals surface area contributed by atoms with Crippen molar-refractivity contribution in [3.05, 3.63) is 0 Å². The molecular formula is C16H31ClN2O2. The molecule has 124 valence electrons. The monoisotopic (exact) mass is 318 g/mol. The quantitative estimate of drug-likeness (QED) is 0.765. The standard InChI is InChI=1S/C16H30N2O2.ClH/c1-5-6-9-20-14-10-13(16(14,2)3)18(4)15(19)12-7-8-17-11-12;/h12-14,17H,5-11H2,1-4H3;1H. The molecule has 1 aliphatic carbocycles. The van der Waals surface area contributed by atoms with Crippen LogP contribution in [0.5, 0.6) is 0 Å². The fourth-order valence-electron chi connectivity index (χ4n) is 3.48. The van der Waals surface area contributed by atoms with Crippen LogP contribution in [0, 0.1) is 11.3 Å². The van der Waals surface area contributed by atoms with Crippen LogP contribution in [0.3, 0.4) is 0 Å². The van der Waals surface area contributed by atoms with E-state index in [0.717, 1.165) is 39.0 Å². The average Bonchev–Trinajstić information content (AvgIpc) is 2.94. The Kier molecular flexibility index (Phi) is 6.95.